The van der Waals surface area contributed by atoms with E-state index < -0.39 is 23.7 Å². The monoisotopic (exact) mass is 1460 g/mol. The Morgan fingerprint density at radius 3 is 1.18 bits per heavy atom. The number of fused-ring (bicyclic) bond motifs is 16. The molecule has 0 unspecified atom stereocenters. The Bertz CT molecular complexity index is 4630. The Morgan fingerprint density at radius 2 is 0.814 bits per heavy atom. The number of unbranched alkanes of at least 4 members (excludes halogenated alkanes) is 6. The van der Waals surface area contributed by atoms with E-state index in [1.54, 1.807) is 0 Å². The standard InChI is InChI=1S/C82H94N10O8.2Ni/c1-15-19-21-27-35-91-79(95)71-49(11)63-41-65-51(17-3)43(5)59(83-65)39-67-53(45(7)57(85-67)37-61-47(9)55(31-33-69(93)99-13)75(87-61)73(81(91)97)77(71)89-63)29-25-23-24-26-30-54-46(8)58-38-62-48(10)56(32-34-70(94)100-14)76(88-62)74-78-72(80(96)92(82(74)98)36-28-22-20-16-2)50(12)64(90-78)42-66-52(18-4)44(6)60(84-66)40-68(54)86-58;;/h23-26,29-30,37-42,47-48,55-56H,15-22,27-28,31-36H2,1-14H3,(H4,83,84,85,86,87,88,89,90,95,96,97,98);;/q;2*+2/p-4/t47-,48-,55-,56-;;/m0../s1. The van der Waals surface area contributed by atoms with Crippen molar-refractivity contribution < 1.29 is 71.2 Å². The summed E-state index contributed by atoms with van der Waals surface area (Å²) < 4.78 is 10.3. The molecule has 12 rings (SSSR count). The molecule has 6 aliphatic heterocycles. The van der Waals surface area contributed by atoms with Crippen molar-refractivity contribution in [2.45, 2.75) is 197 Å². The molecule has 0 N–H and O–H groups in total. The third-order valence-corrected chi connectivity index (χ3v) is 21.5. The summed E-state index contributed by atoms with van der Waals surface area (Å²) >= 11 is 0. The molecule has 6 aliphatic rings. The van der Waals surface area contributed by atoms with Crippen LogP contribution in [-0.2, 0) is 52.0 Å². The van der Waals surface area contributed by atoms with Gasteiger partial charge in [0.25, 0.3) is 23.6 Å². The van der Waals surface area contributed by atoms with Gasteiger partial charge in [0.1, 0.15) is 0 Å². The maximum atomic E-state index is 15.1. The van der Waals surface area contributed by atoms with Crippen LogP contribution in [0, 0.1) is 27.7 Å². The van der Waals surface area contributed by atoms with Gasteiger partial charge in [-0.25, -0.2) is 9.97 Å². The van der Waals surface area contributed by atoms with Gasteiger partial charge in [-0.2, -0.15) is 0 Å². The van der Waals surface area contributed by atoms with E-state index in [0.717, 1.165) is 106 Å². The van der Waals surface area contributed by atoms with Crippen molar-refractivity contribution in [2.24, 2.45) is 0 Å². The van der Waals surface area contributed by atoms with Gasteiger partial charge in [-0.05, 0) is 113 Å². The predicted octanol–water partition coefficient (Wildman–Crippen LogP) is 16.7. The molecule has 6 aromatic rings. The maximum absolute atomic E-state index is 15.1. The normalized spacial score (nSPS) is 17.3. The molecule has 536 valence electrons. The first-order chi connectivity index (χ1) is 48.2. The minimum Gasteiger partial charge on any atom is -0.657 e. The Kier molecular flexibility index (Phi) is 23.6. The Labute approximate surface area is 617 Å². The molecule has 6 aromatic heterocycles. The number of imide groups is 2. The molecule has 18 nitrogen and oxygen atoms in total. The fraction of sp³-hybridized carbons (Fsp3) is 0.415. The Hall–Kier alpha value is -8.85. The number of carbonyl (C=O) groups is 6. The van der Waals surface area contributed by atoms with Crippen molar-refractivity contribution in [3.8, 4) is 0 Å². The summed E-state index contributed by atoms with van der Waals surface area (Å²) in [6, 6.07) is 11.9. The zero-order valence-electron chi connectivity index (χ0n) is 60.9. The number of methoxy groups -OCH3 is 2. The number of carbonyl (C=O) groups excluding carboxylic acids is 6. The molecule has 0 fully saturated rings. The summed E-state index contributed by atoms with van der Waals surface area (Å²) in [6.45, 7) is 25.1. The topological polar surface area (TPSA) is 235 Å². The van der Waals surface area contributed by atoms with Crippen LogP contribution in [0.5, 0.6) is 0 Å². The molecular formula is C82H90N10Ni2O8. The molecular weight excluding hydrogens is 1370 g/mol. The van der Waals surface area contributed by atoms with E-state index in [1.807, 2.05) is 88.4 Å². The van der Waals surface area contributed by atoms with Crippen LogP contribution in [0.1, 0.15) is 289 Å². The van der Waals surface area contributed by atoms with Gasteiger partial charge in [-0.1, -0.05) is 175 Å². The fourth-order valence-corrected chi connectivity index (χ4v) is 15.4. The Balaban J connectivity index is 0.00000560. The minimum absolute atomic E-state index is 0. The average Bonchev–Trinajstić information content (AvgIpc) is 1.56. The molecule has 102 heavy (non-hydrogen) atoms. The number of hydrogen-bond donors (Lipinski definition) is 0. The van der Waals surface area contributed by atoms with Gasteiger partial charge in [-0.3, -0.25) is 48.5 Å². The summed E-state index contributed by atoms with van der Waals surface area (Å²) in [4.78, 5) is 130. The van der Waals surface area contributed by atoms with Crippen molar-refractivity contribution in [1.82, 2.24) is 49.7 Å². The Morgan fingerprint density at radius 1 is 0.451 bits per heavy atom. The molecule has 0 saturated carbocycles. The summed E-state index contributed by atoms with van der Waals surface area (Å²) in [5, 5.41) is 0. The summed E-state index contributed by atoms with van der Waals surface area (Å²) in [7, 11) is 2.74. The number of rotatable bonds is 22. The third-order valence-electron chi connectivity index (χ3n) is 21.5. The molecule has 4 amide bonds. The maximum Gasteiger partial charge on any atom is 2.00 e. The van der Waals surface area contributed by atoms with Crippen LogP contribution >= 0.6 is 0 Å². The number of hydrogen-bond acceptors (Lipinski definition) is 12. The van der Waals surface area contributed by atoms with Crippen molar-refractivity contribution in [3.63, 3.8) is 0 Å². The first-order valence-electron chi connectivity index (χ1n) is 35.8. The number of nitrogens with zero attached hydrogens (tertiary/aromatic N) is 10. The van der Waals surface area contributed by atoms with Gasteiger partial charge in [0.15, 0.2) is 0 Å². The first kappa shape index (κ1) is 75.8. The quantitative estimate of drug-likeness (QED) is 0.0202. The molecule has 12 heterocycles. The molecule has 0 saturated heterocycles. The van der Waals surface area contributed by atoms with Crippen LogP contribution < -0.4 is 19.9 Å². The number of aryl methyl sites for hydroxylation is 4. The second-order valence-electron chi connectivity index (χ2n) is 27.4. The van der Waals surface area contributed by atoms with Crippen molar-refractivity contribution in [2.75, 3.05) is 27.3 Å². The number of allylic oxidation sites excluding steroid dienone is 8. The smallest absolute Gasteiger partial charge is 0.657 e. The van der Waals surface area contributed by atoms with Crippen molar-refractivity contribution in [3.05, 3.63) is 162 Å². The van der Waals surface area contributed by atoms with Crippen LogP contribution in [0.4, 0.5) is 0 Å². The van der Waals surface area contributed by atoms with Crippen LogP contribution in [0.15, 0.2) is 60.7 Å². The number of ether oxygens (including phenoxy) is 2. The van der Waals surface area contributed by atoms with Crippen LogP contribution in [0.2, 0.25) is 0 Å². The van der Waals surface area contributed by atoms with Crippen LogP contribution in [0.3, 0.4) is 0 Å². The summed E-state index contributed by atoms with van der Waals surface area (Å²) in [6.07, 6.45) is 21.4. The SMILES string of the molecule is CCCCCCN1C(=O)c2c3nc(cc4[n-]c(cc5nc(cc6[n-]c2c(c6C)C1=O)C(CC)=C5C)c(/C=C/C=C/C=C/c1c(C)c2cc5nc(c6c7[n-]c(cc8nc(cc1[n-]2)C(C)=C8CC)c(C)c7C(=O)N(CCCCCC)C6=O)[C@@H](CCC(=O)OC)[C@@H]5C)c4C)[C@@H](C)[C@@H]3CCC(=O)OC.[Ni+2].[Ni+2]. The van der Waals surface area contributed by atoms with Gasteiger partial charge < -0.3 is 29.4 Å². The van der Waals surface area contributed by atoms with E-state index in [0.29, 0.717) is 128 Å². The van der Waals surface area contributed by atoms with E-state index in [-0.39, 0.29) is 106 Å². The largest absolute Gasteiger partial charge is 2.00 e. The third kappa shape index (κ3) is 14.0. The van der Waals surface area contributed by atoms with Crippen molar-refractivity contribution in [1.29, 1.82) is 0 Å². The average molecular weight is 1460 g/mol. The van der Waals surface area contributed by atoms with Gasteiger partial charge in [-0.15, -0.1) is 44.1 Å². The van der Waals surface area contributed by atoms with E-state index in [1.165, 1.54) is 24.0 Å². The van der Waals surface area contributed by atoms with E-state index in [9.17, 15) is 19.2 Å². The van der Waals surface area contributed by atoms with Gasteiger partial charge in [0.05, 0.1) is 48.4 Å². The van der Waals surface area contributed by atoms with E-state index in [2.05, 4.69) is 67.5 Å². The molecule has 0 radical (unpaired) electrons. The van der Waals surface area contributed by atoms with Gasteiger partial charge in [0, 0.05) is 83.2 Å². The predicted molar refractivity (Wildman–Crippen MR) is 393 cm³/mol. The molecule has 4 atom stereocenters. The van der Waals surface area contributed by atoms with Crippen LogP contribution in [0.25, 0.3) is 78.6 Å². The zero-order valence-corrected chi connectivity index (χ0v) is 62.9. The summed E-state index contributed by atoms with van der Waals surface area (Å²) in [5.74, 6) is -3.63. The molecule has 16 bridgehead atoms. The molecule has 0 aromatic carbocycles. The second-order valence-corrected chi connectivity index (χ2v) is 27.4. The van der Waals surface area contributed by atoms with Crippen LogP contribution in [-0.4, -0.2) is 92.6 Å². The number of esters is 2. The van der Waals surface area contributed by atoms with E-state index in [4.69, 9.17) is 49.3 Å². The number of amides is 4. The fourth-order valence-electron chi connectivity index (χ4n) is 15.4. The summed E-state index contributed by atoms with van der Waals surface area (Å²) in [5.41, 5.74) is 20.3. The molecule has 0 aliphatic carbocycles. The van der Waals surface area contributed by atoms with E-state index >= 15 is 9.59 Å². The molecule has 20 heteroatoms. The van der Waals surface area contributed by atoms with Gasteiger partial charge >= 0.3 is 44.9 Å². The number of aromatic nitrogens is 8. The second kappa shape index (κ2) is 31.8. The first-order valence-corrected chi connectivity index (χ1v) is 35.8. The van der Waals surface area contributed by atoms with Gasteiger partial charge in [0.2, 0.25) is 0 Å². The molecule has 0 spiro atoms. The minimum atomic E-state index is -0.430. The van der Waals surface area contributed by atoms with Crippen molar-refractivity contribution >= 4 is 114 Å². The zero-order chi connectivity index (χ0) is 71.1.